The smallest absolute Gasteiger partial charge is 0.251 e. The van der Waals surface area contributed by atoms with Crippen LogP contribution in [0.2, 0.25) is 0 Å². The first-order valence-electron chi connectivity index (χ1n) is 12.0. The van der Waals surface area contributed by atoms with Crippen LogP contribution in [0.4, 0.5) is 10.1 Å². The van der Waals surface area contributed by atoms with Crippen LogP contribution in [0.1, 0.15) is 64.8 Å². The molecule has 5 nitrogen and oxygen atoms in total. The maximum Gasteiger partial charge on any atom is 0.251 e. The van der Waals surface area contributed by atoms with Gasteiger partial charge in [0.15, 0.2) is 0 Å². The monoisotopic (exact) mass is 494 g/mol. The number of anilines is 1. The first kappa shape index (κ1) is 24.9. The number of halogens is 1. The molecule has 0 heterocycles. The Morgan fingerprint density at radius 2 is 1.63 bits per heavy atom. The van der Waals surface area contributed by atoms with Crippen LogP contribution in [0.5, 0.6) is 0 Å². The van der Waals surface area contributed by atoms with Gasteiger partial charge in [0.1, 0.15) is 5.82 Å². The maximum absolute atomic E-state index is 13.2. The molecule has 35 heavy (non-hydrogen) atoms. The van der Waals surface area contributed by atoms with Gasteiger partial charge in [-0.15, -0.1) is 0 Å². The molecular formula is C28H31FN2O3S. The first-order valence-corrected chi connectivity index (χ1v) is 13.8. The summed E-state index contributed by atoms with van der Waals surface area (Å²) >= 11 is 0. The molecule has 0 spiro atoms. The van der Waals surface area contributed by atoms with Crippen LogP contribution in [0, 0.1) is 5.82 Å². The molecule has 1 amide bonds. The van der Waals surface area contributed by atoms with Gasteiger partial charge in [0.2, 0.25) is 10.0 Å². The van der Waals surface area contributed by atoms with Crippen LogP contribution in [0.15, 0.2) is 66.7 Å². The van der Waals surface area contributed by atoms with Gasteiger partial charge in [-0.05, 0) is 90.8 Å². The van der Waals surface area contributed by atoms with Gasteiger partial charge < -0.3 is 5.32 Å². The van der Waals surface area contributed by atoms with Crippen LogP contribution in [-0.4, -0.2) is 20.6 Å². The molecule has 7 heteroatoms. The summed E-state index contributed by atoms with van der Waals surface area (Å²) in [4.78, 5) is 13.0. The van der Waals surface area contributed by atoms with Crippen molar-refractivity contribution >= 4 is 21.6 Å². The van der Waals surface area contributed by atoms with Gasteiger partial charge in [0.25, 0.3) is 5.91 Å². The summed E-state index contributed by atoms with van der Waals surface area (Å²) in [7, 11) is -3.59. The van der Waals surface area contributed by atoms with E-state index in [4.69, 9.17) is 0 Å². The van der Waals surface area contributed by atoms with E-state index in [1.165, 1.54) is 40.4 Å². The van der Waals surface area contributed by atoms with Crippen LogP contribution in [0.3, 0.4) is 0 Å². The van der Waals surface area contributed by atoms with Crippen molar-refractivity contribution in [1.29, 1.82) is 0 Å². The highest BCUT2D eigenvalue weighted by molar-refractivity contribution is 7.92. The maximum atomic E-state index is 13.2. The molecule has 3 aromatic carbocycles. The van der Waals surface area contributed by atoms with E-state index in [0.29, 0.717) is 16.8 Å². The van der Waals surface area contributed by atoms with Crippen molar-refractivity contribution in [2.75, 3.05) is 10.6 Å². The third-order valence-electron chi connectivity index (χ3n) is 6.55. The Bertz CT molecular complexity index is 1290. The Labute approximate surface area is 207 Å². The summed E-state index contributed by atoms with van der Waals surface area (Å²) < 4.78 is 39.3. The highest BCUT2D eigenvalue weighted by Crippen LogP contribution is 2.27. The quantitative estimate of drug-likeness (QED) is 0.446. The van der Waals surface area contributed by atoms with Crippen molar-refractivity contribution < 1.29 is 17.6 Å². The number of carbonyl (C=O) groups excluding carboxylic acids is 1. The second kappa shape index (κ2) is 10.6. The molecule has 1 N–H and O–H groups in total. The molecular weight excluding hydrogens is 463 g/mol. The van der Waals surface area contributed by atoms with E-state index in [2.05, 4.69) is 23.5 Å². The van der Waals surface area contributed by atoms with E-state index < -0.39 is 10.0 Å². The van der Waals surface area contributed by atoms with Crippen LogP contribution < -0.4 is 9.62 Å². The second-order valence-corrected chi connectivity index (χ2v) is 11.0. The molecule has 0 bridgehead atoms. The SMILES string of the molecule is CC[C@@H](NC(=O)c1ccc(N(Cc2ccc(F)cc2)S(C)(=O)=O)cc1)c1ccc2c(c1)CCCC2. The minimum atomic E-state index is -3.59. The largest absolute Gasteiger partial charge is 0.345 e. The number of rotatable bonds is 8. The van der Waals surface area contributed by atoms with E-state index in [9.17, 15) is 17.6 Å². The number of aryl methyl sites for hydroxylation is 2. The Hall–Kier alpha value is -3.19. The van der Waals surface area contributed by atoms with E-state index >= 15 is 0 Å². The van der Waals surface area contributed by atoms with Crippen LogP contribution >= 0.6 is 0 Å². The van der Waals surface area contributed by atoms with Gasteiger partial charge in [-0.3, -0.25) is 9.10 Å². The van der Waals surface area contributed by atoms with Crippen molar-refractivity contribution in [2.24, 2.45) is 0 Å². The number of benzene rings is 3. The lowest BCUT2D eigenvalue weighted by Crippen LogP contribution is -2.30. The minimum absolute atomic E-state index is 0.0703. The summed E-state index contributed by atoms with van der Waals surface area (Å²) in [6.45, 7) is 2.12. The van der Waals surface area contributed by atoms with Crippen molar-refractivity contribution in [3.05, 3.63) is 100 Å². The average Bonchev–Trinajstić information content (AvgIpc) is 2.86. The third kappa shape index (κ3) is 6.09. The number of nitrogens with one attached hydrogen (secondary N) is 1. The molecule has 0 aromatic heterocycles. The zero-order valence-electron chi connectivity index (χ0n) is 20.1. The number of hydrogen-bond acceptors (Lipinski definition) is 3. The lowest BCUT2D eigenvalue weighted by molar-refractivity contribution is 0.0935. The van der Waals surface area contributed by atoms with Crippen LogP contribution in [0.25, 0.3) is 0 Å². The highest BCUT2D eigenvalue weighted by Gasteiger charge is 2.20. The molecule has 184 valence electrons. The summed E-state index contributed by atoms with van der Waals surface area (Å²) in [5.74, 6) is -0.582. The summed E-state index contributed by atoms with van der Waals surface area (Å²) in [5.41, 5.74) is 5.46. The van der Waals surface area contributed by atoms with E-state index in [1.807, 2.05) is 6.92 Å². The summed E-state index contributed by atoms with van der Waals surface area (Å²) in [6.07, 6.45) is 6.54. The molecule has 0 aliphatic heterocycles. The standard InChI is InChI=1S/C28H31FN2O3S/c1-3-27(24-11-10-21-6-4-5-7-23(21)18-24)30-28(32)22-12-16-26(17-13-22)31(35(2,33)34)19-20-8-14-25(29)15-9-20/h8-18,27H,3-7,19H2,1-2H3,(H,30,32)/t27-/m1/s1. The molecule has 0 unspecified atom stereocenters. The fourth-order valence-electron chi connectivity index (χ4n) is 4.57. The minimum Gasteiger partial charge on any atom is -0.345 e. The molecule has 1 aliphatic carbocycles. The number of nitrogens with zero attached hydrogens (tertiary/aromatic N) is 1. The van der Waals surface area contributed by atoms with Gasteiger partial charge in [-0.25, -0.2) is 12.8 Å². The second-order valence-electron chi connectivity index (χ2n) is 9.11. The Kier molecular flexibility index (Phi) is 7.55. The van der Waals surface area contributed by atoms with Crippen molar-refractivity contribution in [1.82, 2.24) is 5.32 Å². The lowest BCUT2D eigenvalue weighted by Gasteiger charge is -2.23. The van der Waals surface area contributed by atoms with Crippen LogP contribution in [-0.2, 0) is 29.4 Å². The molecule has 1 atom stereocenters. The zero-order valence-corrected chi connectivity index (χ0v) is 20.9. The van der Waals surface area contributed by atoms with Gasteiger partial charge in [0.05, 0.1) is 24.5 Å². The van der Waals surface area contributed by atoms with Gasteiger partial charge >= 0.3 is 0 Å². The third-order valence-corrected chi connectivity index (χ3v) is 7.69. The summed E-state index contributed by atoms with van der Waals surface area (Å²) in [6, 6.07) is 18.7. The van der Waals surface area contributed by atoms with E-state index in [0.717, 1.165) is 31.1 Å². The molecule has 0 saturated heterocycles. The number of hydrogen-bond donors (Lipinski definition) is 1. The molecule has 1 aliphatic rings. The predicted octanol–water partition coefficient (Wildman–Crippen LogP) is 5.55. The topological polar surface area (TPSA) is 66.5 Å². The van der Waals surface area contributed by atoms with E-state index in [1.54, 1.807) is 36.4 Å². The lowest BCUT2D eigenvalue weighted by atomic mass is 9.88. The Morgan fingerprint density at radius 3 is 2.26 bits per heavy atom. The molecule has 0 fully saturated rings. The van der Waals surface area contributed by atoms with E-state index in [-0.39, 0.29) is 24.3 Å². The molecule has 4 rings (SSSR count). The predicted molar refractivity (Wildman–Crippen MR) is 137 cm³/mol. The zero-order chi connectivity index (χ0) is 25.0. The number of amides is 1. The molecule has 0 saturated carbocycles. The van der Waals surface area contributed by atoms with Crippen molar-refractivity contribution in [3.63, 3.8) is 0 Å². The van der Waals surface area contributed by atoms with Crippen molar-refractivity contribution in [3.8, 4) is 0 Å². The first-order chi connectivity index (χ1) is 16.7. The number of fused-ring (bicyclic) bond motifs is 1. The Balaban J connectivity index is 1.49. The highest BCUT2D eigenvalue weighted by atomic mass is 32.2. The summed E-state index contributed by atoms with van der Waals surface area (Å²) in [5, 5.41) is 3.12. The number of sulfonamides is 1. The van der Waals surface area contributed by atoms with Gasteiger partial charge in [-0.1, -0.05) is 37.3 Å². The normalized spacial score (nSPS) is 14.1. The fourth-order valence-corrected chi connectivity index (χ4v) is 5.46. The average molecular weight is 495 g/mol. The molecule has 0 radical (unpaired) electrons. The number of carbonyl (C=O) groups is 1. The van der Waals surface area contributed by atoms with Crippen molar-refractivity contribution in [2.45, 2.75) is 51.6 Å². The van der Waals surface area contributed by atoms with Gasteiger partial charge in [-0.2, -0.15) is 0 Å². The Morgan fingerprint density at radius 1 is 0.971 bits per heavy atom. The fraction of sp³-hybridized carbons (Fsp3) is 0.321. The van der Waals surface area contributed by atoms with Gasteiger partial charge in [0, 0.05) is 5.56 Å². The molecule has 3 aromatic rings.